The molecule has 3 aromatic rings. The number of aryl methyl sites for hydroxylation is 1. The smallest absolute Gasteiger partial charge is 0.439 e. The second-order valence-corrected chi connectivity index (χ2v) is 7.51. The van der Waals surface area contributed by atoms with Crippen LogP contribution in [-0.4, -0.2) is 23.3 Å². The third-order valence-electron chi connectivity index (χ3n) is 4.82. The number of nitrogens with zero attached hydrogens (tertiary/aromatic N) is 1. The van der Waals surface area contributed by atoms with Crippen LogP contribution in [0.1, 0.15) is 34.8 Å². The Morgan fingerprint density at radius 3 is 2.45 bits per heavy atom. The van der Waals surface area contributed by atoms with Gasteiger partial charge in [0.05, 0.1) is 5.56 Å². The zero-order chi connectivity index (χ0) is 23.8. The number of amides is 1. The monoisotopic (exact) mass is 459 g/mol. The number of hydrogen-bond acceptors (Lipinski definition) is 5. The van der Waals surface area contributed by atoms with Crippen molar-refractivity contribution in [1.29, 1.82) is 0 Å². The maximum Gasteiger partial charge on any atom is 0.573 e. The van der Waals surface area contributed by atoms with E-state index >= 15 is 0 Å². The number of rotatable bonds is 10. The number of ether oxygens (including phenoxy) is 2. The molecule has 3 N–H and O–H groups in total. The minimum absolute atomic E-state index is 0.154. The first-order valence-electron chi connectivity index (χ1n) is 10.3. The number of aromatic nitrogens is 1. The number of pyridine rings is 1. The Hall–Kier alpha value is -3.59. The normalized spacial score (nSPS) is 12.2. The van der Waals surface area contributed by atoms with E-state index in [0.717, 1.165) is 18.4 Å². The third-order valence-corrected chi connectivity index (χ3v) is 4.82. The van der Waals surface area contributed by atoms with E-state index in [9.17, 15) is 18.0 Å². The van der Waals surface area contributed by atoms with Gasteiger partial charge in [0.25, 0.3) is 0 Å². The quantitative estimate of drug-likeness (QED) is 0.447. The fourth-order valence-corrected chi connectivity index (χ4v) is 3.06. The van der Waals surface area contributed by atoms with Crippen molar-refractivity contribution in [2.24, 2.45) is 5.73 Å². The number of nitrogens with one attached hydrogen (secondary N) is 1. The number of carbonyl (C=O) groups excluding carboxylic acids is 1. The van der Waals surface area contributed by atoms with Gasteiger partial charge in [0.2, 0.25) is 11.8 Å². The van der Waals surface area contributed by atoms with Crippen molar-refractivity contribution in [1.82, 2.24) is 10.3 Å². The van der Waals surface area contributed by atoms with Crippen molar-refractivity contribution < 1.29 is 27.4 Å². The van der Waals surface area contributed by atoms with Gasteiger partial charge in [0.1, 0.15) is 11.5 Å². The average molecular weight is 459 g/mol. The highest BCUT2D eigenvalue weighted by molar-refractivity contribution is 5.92. The van der Waals surface area contributed by atoms with Crippen LogP contribution in [0, 0.1) is 0 Å². The molecular weight excluding hydrogens is 435 g/mol. The highest BCUT2D eigenvalue weighted by Crippen LogP contribution is 2.24. The van der Waals surface area contributed by atoms with E-state index in [-0.39, 0.29) is 11.8 Å². The van der Waals surface area contributed by atoms with Crippen LogP contribution in [0.15, 0.2) is 66.9 Å². The standard InChI is InChI=1S/C24H24F3N3O3/c1-16(29-14-18-3-2-4-21(13-18)33-24(25,26)27)5-6-17-7-10-20(11-8-17)32-22-12-9-19(15-30-22)23(28)31/h2-4,7-13,15-16,29H,5-6,14H2,1H3,(H2,28,31). The predicted octanol–water partition coefficient (Wildman–Crippen LogP) is 4.98. The molecule has 3 rings (SSSR count). The summed E-state index contributed by atoms with van der Waals surface area (Å²) in [6, 6.07) is 16.8. The van der Waals surface area contributed by atoms with Crippen LogP contribution in [0.3, 0.4) is 0 Å². The summed E-state index contributed by atoms with van der Waals surface area (Å²) in [6.07, 6.45) is -1.68. The van der Waals surface area contributed by atoms with Crippen molar-refractivity contribution >= 4 is 5.91 Å². The molecule has 1 amide bonds. The molecular formula is C24H24F3N3O3. The van der Waals surface area contributed by atoms with E-state index in [4.69, 9.17) is 10.5 Å². The van der Waals surface area contributed by atoms with Gasteiger partial charge in [-0.1, -0.05) is 24.3 Å². The lowest BCUT2D eigenvalue weighted by molar-refractivity contribution is -0.274. The van der Waals surface area contributed by atoms with Crippen molar-refractivity contribution in [2.75, 3.05) is 0 Å². The average Bonchev–Trinajstić information content (AvgIpc) is 2.77. The molecule has 0 bridgehead atoms. The van der Waals surface area contributed by atoms with Crippen molar-refractivity contribution in [3.05, 3.63) is 83.6 Å². The number of benzene rings is 2. The molecule has 9 heteroatoms. The fourth-order valence-electron chi connectivity index (χ4n) is 3.06. The predicted molar refractivity (Wildman–Crippen MR) is 117 cm³/mol. The van der Waals surface area contributed by atoms with Crippen molar-refractivity contribution in [3.63, 3.8) is 0 Å². The van der Waals surface area contributed by atoms with Gasteiger partial charge in [0.15, 0.2) is 0 Å². The summed E-state index contributed by atoms with van der Waals surface area (Å²) in [5, 5.41) is 3.31. The number of carbonyl (C=O) groups is 1. The van der Waals surface area contributed by atoms with Crippen LogP contribution in [0.4, 0.5) is 13.2 Å². The lowest BCUT2D eigenvalue weighted by atomic mass is 10.1. The molecule has 0 aliphatic carbocycles. The van der Waals surface area contributed by atoms with Crippen LogP contribution in [0.25, 0.3) is 0 Å². The summed E-state index contributed by atoms with van der Waals surface area (Å²) in [6.45, 7) is 2.46. The number of primary amides is 1. The highest BCUT2D eigenvalue weighted by Gasteiger charge is 2.31. The minimum atomic E-state index is -4.70. The molecule has 1 atom stereocenters. The molecule has 1 unspecified atom stereocenters. The van der Waals surface area contributed by atoms with E-state index in [1.807, 2.05) is 31.2 Å². The second kappa shape index (κ2) is 10.8. The SMILES string of the molecule is CC(CCc1ccc(Oc2ccc(C(N)=O)cn2)cc1)NCc1cccc(OC(F)(F)F)c1. The molecule has 0 saturated carbocycles. The largest absolute Gasteiger partial charge is 0.573 e. The van der Waals surface area contributed by atoms with E-state index in [2.05, 4.69) is 15.0 Å². The zero-order valence-corrected chi connectivity index (χ0v) is 17.9. The molecule has 0 radical (unpaired) electrons. The van der Waals surface area contributed by atoms with Gasteiger partial charge in [-0.2, -0.15) is 0 Å². The first-order valence-corrected chi connectivity index (χ1v) is 10.3. The first-order chi connectivity index (χ1) is 15.7. The summed E-state index contributed by atoms with van der Waals surface area (Å²) < 4.78 is 46.7. The van der Waals surface area contributed by atoms with Crippen molar-refractivity contribution in [3.8, 4) is 17.4 Å². The van der Waals surface area contributed by atoms with Crippen LogP contribution >= 0.6 is 0 Å². The molecule has 0 fully saturated rings. The Labute approximate surface area is 189 Å². The molecule has 0 saturated heterocycles. The highest BCUT2D eigenvalue weighted by atomic mass is 19.4. The number of hydrogen-bond donors (Lipinski definition) is 2. The van der Waals surface area contributed by atoms with Gasteiger partial charge in [-0.15, -0.1) is 13.2 Å². The van der Waals surface area contributed by atoms with E-state index in [1.165, 1.54) is 24.4 Å². The minimum Gasteiger partial charge on any atom is -0.439 e. The Kier molecular flexibility index (Phi) is 7.89. The topological polar surface area (TPSA) is 86.5 Å². The molecule has 33 heavy (non-hydrogen) atoms. The Morgan fingerprint density at radius 2 is 1.82 bits per heavy atom. The maximum absolute atomic E-state index is 12.4. The van der Waals surface area contributed by atoms with Gasteiger partial charge in [-0.05, 0) is 61.2 Å². The number of halogens is 3. The van der Waals surface area contributed by atoms with Crippen LogP contribution in [-0.2, 0) is 13.0 Å². The van der Waals surface area contributed by atoms with Crippen LogP contribution in [0.5, 0.6) is 17.4 Å². The summed E-state index contributed by atoms with van der Waals surface area (Å²) in [5.74, 6) is 0.197. The van der Waals surface area contributed by atoms with E-state index in [1.54, 1.807) is 18.2 Å². The molecule has 174 valence electrons. The third kappa shape index (κ3) is 8.12. The summed E-state index contributed by atoms with van der Waals surface area (Å²) >= 11 is 0. The van der Waals surface area contributed by atoms with Crippen LogP contribution in [0.2, 0.25) is 0 Å². The van der Waals surface area contributed by atoms with Gasteiger partial charge in [0, 0.05) is 24.8 Å². The van der Waals surface area contributed by atoms with Crippen LogP contribution < -0.4 is 20.5 Å². The van der Waals surface area contributed by atoms with E-state index < -0.39 is 12.3 Å². The molecule has 2 aromatic carbocycles. The molecule has 6 nitrogen and oxygen atoms in total. The Bertz CT molecular complexity index is 1060. The molecule has 0 aliphatic heterocycles. The van der Waals surface area contributed by atoms with Gasteiger partial charge >= 0.3 is 6.36 Å². The number of alkyl halides is 3. The Morgan fingerprint density at radius 1 is 1.06 bits per heavy atom. The molecule has 0 spiro atoms. The summed E-state index contributed by atoms with van der Waals surface area (Å²) in [5.41, 5.74) is 7.33. The molecule has 1 heterocycles. The van der Waals surface area contributed by atoms with Gasteiger partial charge in [-0.3, -0.25) is 4.79 Å². The van der Waals surface area contributed by atoms with Gasteiger partial charge < -0.3 is 20.5 Å². The number of nitrogens with two attached hydrogens (primary N) is 1. The van der Waals surface area contributed by atoms with Gasteiger partial charge in [-0.25, -0.2) is 4.98 Å². The first kappa shape index (κ1) is 24.1. The summed E-state index contributed by atoms with van der Waals surface area (Å²) in [4.78, 5) is 15.1. The fraction of sp³-hybridized carbons (Fsp3) is 0.250. The Balaban J connectivity index is 1.44. The molecule has 1 aromatic heterocycles. The zero-order valence-electron chi connectivity index (χ0n) is 17.9. The van der Waals surface area contributed by atoms with Crippen molar-refractivity contribution in [2.45, 2.75) is 38.7 Å². The van der Waals surface area contributed by atoms with E-state index in [0.29, 0.717) is 29.3 Å². The molecule has 0 aliphatic rings. The maximum atomic E-state index is 12.4. The lowest BCUT2D eigenvalue weighted by Gasteiger charge is -2.15. The lowest BCUT2D eigenvalue weighted by Crippen LogP contribution is -2.26. The second-order valence-electron chi connectivity index (χ2n) is 7.51. The summed E-state index contributed by atoms with van der Waals surface area (Å²) in [7, 11) is 0.